The Morgan fingerprint density at radius 3 is 1.42 bits per heavy atom. The van der Waals surface area contributed by atoms with E-state index in [4.69, 9.17) is 90.3 Å². The van der Waals surface area contributed by atoms with E-state index in [1.165, 1.54) is 12.8 Å². The highest BCUT2D eigenvalue weighted by molar-refractivity contribution is 9.10. The van der Waals surface area contributed by atoms with Gasteiger partial charge in [0.05, 0.1) is 70.4 Å². The molecule has 2 aliphatic carbocycles. The molecule has 0 amide bonds. The van der Waals surface area contributed by atoms with Gasteiger partial charge in [0, 0.05) is 95.4 Å². The molecular formula is C84H109BBr2Cl2N10O15S3Si2. The molecule has 119 heavy (non-hydrogen) atoms. The van der Waals surface area contributed by atoms with Crippen LogP contribution < -0.4 is 24.4 Å². The second-order valence-corrected chi connectivity index (χ2v) is 54.3. The zero-order valence-corrected chi connectivity index (χ0v) is 78.7. The number of imidazole rings is 2. The molecule has 9 heterocycles. The summed E-state index contributed by atoms with van der Waals surface area (Å²) in [6.07, 6.45) is 8.29. The number of aliphatic hydroxyl groups excluding tert-OH is 2. The van der Waals surface area contributed by atoms with Crippen molar-refractivity contribution >= 4 is 154 Å². The maximum Gasteiger partial charge on any atom is 0.494 e. The van der Waals surface area contributed by atoms with E-state index in [-0.39, 0.29) is 45.5 Å². The van der Waals surface area contributed by atoms with E-state index in [0.29, 0.717) is 93.3 Å². The van der Waals surface area contributed by atoms with Gasteiger partial charge in [-0.05, 0) is 161 Å². The summed E-state index contributed by atoms with van der Waals surface area (Å²) in [6, 6.07) is 45.7. The number of benzene rings is 5. The van der Waals surface area contributed by atoms with Gasteiger partial charge in [0.1, 0.15) is 82.0 Å². The van der Waals surface area contributed by atoms with Crippen molar-refractivity contribution in [3.63, 3.8) is 0 Å². The van der Waals surface area contributed by atoms with Crippen LogP contribution in [0.2, 0.25) is 61.4 Å². The van der Waals surface area contributed by atoms with Gasteiger partial charge in [-0.1, -0.05) is 168 Å². The monoisotopic (exact) mass is 1890 g/mol. The molecule has 4 N–H and O–H groups in total. The molecule has 5 aliphatic heterocycles. The number of pyridine rings is 2. The van der Waals surface area contributed by atoms with Gasteiger partial charge in [0.25, 0.3) is 0 Å². The molecule has 0 radical (unpaired) electrons. The average Bonchev–Trinajstić information content (AvgIpc) is 1.63. The standard InChI is InChI=1S/C36H45ClN4O6SSi.C30H41BClN3O7Si.C11H15BrN2OS.C7H8BrNOS/c1-48(43,21-23-6-5-7-23)40-27-14-12-25(13-15-27)24-8-10-26(11-9-24)32-28(37)18-29-35(39-32)41(22-44-16-17-49(2,3)4)36(38-29)47-31-20-46-33-30(42)19-45-34(31)33;1-29(2)30(3,4)42-31(41-29)19-10-8-18(9-11-19)24-20(32)14-21-27(34-24)35(17-37-12-13-43(5,6)7)28(33-21)40-23-16-39-25-22(36)15-38-26(23)25;1-16(15,13-10-3-2-4-10)14-11-7-5-9(12)6-8-11;1-11(10)9-7-4-2-6(8)3-5-7/h8-15,18,23,30-31,33-34,42H,5-7,16-17,19-22H2,1-4H3;8-11,14,22-23,25-26,36H,12-13,15-17H2,1-7H3;5-8,10H,2-4H2,1H3,(H,13,14,15);2-5,9H,1H3/t30-,31-,33-,34-,48?;22-,23-,25-,26-;;/m11../s1. The largest absolute Gasteiger partial charge is 0.494 e. The molecule has 35 heteroatoms. The molecule has 7 aliphatic rings. The highest BCUT2D eigenvalue weighted by Gasteiger charge is 2.53. The fourth-order valence-electron chi connectivity index (χ4n) is 14.2. The Balaban J connectivity index is 0.000000158. The molecular weight excluding hydrogens is 1780 g/mol. The first-order valence-electron chi connectivity index (χ1n) is 40.3. The van der Waals surface area contributed by atoms with Crippen molar-refractivity contribution in [1.29, 1.82) is 0 Å². The number of halogens is 4. The third-order valence-corrected chi connectivity index (χ3v) is 30.6. The van der Waals surface area contributed by atoms with E-state index in [2.05, 4.69) is 89.3 Å². The second kappa shape index (κ2) is 38.9. The van der Waals surface area contributed by atoms with Crippen LogP contribution >= 0.6 is 55.1 Å². The summed E-state index contributed by atoms with van der Waals surface area (Å²) in [5, 5.41) is 21.3. The van der Waals surface area contributed by atoms with E-state index in [9.17, 15) is 22.8 Å². The van der Waals surface area contributed by atoms with Gasteiger partial charge < -0.3 is 62.1 Å². The maximum absolute atomic E-state index is 13.0. The summed E-state index contributed by atoms with van der Waals surface area (Å²) in [5.41, 5.74) is 9.85. The molecule has 3 unspecified atom stereocenters. The van der Waals surface area contributed by atoms with E-state index in [0.717, 1.165) is 91.5 Å². The first-order valence-corrected chi connectivity index (χ1v) is 55.6. The van der Waals surface area contributed by atoms with Gasteiger partial charge in [-0.15, -0.1) is 0 Å². The Bertz CT molecular complexity index is 5270. The van der Waals surface area contributed by atoms with Gasteiger partial charge in [-0.3, -0.25) is 9.13 Å². The number of nitrogens with zero attached hydrogens (tertiary/aromatic N) is 8. The minimum atomic E-state index is -2.30. The van der Waals surface area contributed by atoms with Crippen LogP contribution in [0.1, 0.15) is 66.2 Å². The Morgan fingerprint density at radius 1 is 0.580 bits per heavy atom. The summed E-state index contributed by atoms with van der Waals surface area (Å²) in [4.78, 5) is 19.5. The quantitative estimate of drug-likeness (QED) is 0.0289. The van der Waals surface area contributed by atoms with Gasteiger partial charge >= 0.3 is 19.1 Å². The smallest absolute Gasteiger partial charge is 0.456 e. The van der Waals surface area contributed by atoms with Crippen LogP contribution in [0.4, 0.5) is 17.1 Å². The number of hydrogen-bond donors (Lipinski definition) is 4. The fraction of sp³-hybridized carbons (Fsp3) is 0.500. The highest BCUT2D eigenvalue weighted by Crippen LogP contribution is 2.41. The van der Waals surface area contributed by atoms with Crippen LogP contribution in [0.3, 0.4) is 0 Å². The number of anilines is 1. The van der Waals surface area contributed by atoms with Crippen LogP contribution in [-0.4, -0.2) is 205 Å². The van der Waals surface area contributed by atoms with E-state index in [1.807, 2.05) is 158 Å². The summed E-state index contributed by atoms with van der Waals surface area (Å²) in [5.74, 6) is 1.22. The third kappa shape index (κ3) is 23.9. The van der Waals surface area contributed by atoms with Gasteiger partial charge in [0.2, 0.25) is 0 Å². The zero-order chi connectivity index (χ0) is 84.9. The van der Waals surface area contributed by atoms with Crippen molar-refractivity contribution in [2.45, 2.75) is 197 Å². The lowest BCUT2D eigenvalue weighted by molar-refractivity contribution is 0.00332. The summed E-state index contributed by atoms with van der Waals surface area (Å²) >= 11 is 20.3. The fourth-order valence-corrected chi connectivity index (χ4v) is 20.5. The Labute approximate surface area is 730 Å². The van der Waals surface area contributed by atoms with E-state index < -0.39 is 102 Å². The first-order chi connectivity index (χ1) is 56.4. The number of hydrogen-bond acceptors (Lipinski definition) is 21. The molecule has 11 atom stereocenters. The van der Waals surface area contributed by atoms with Crippen molar-refractivity contribution in [3.8, 4) is 45.7 Å². The maximum atomic E-state index is 13.0. The molecule has 0 bridgehead atoms. The Hall–Kier alpha value is -5.61. The molecule has 5 saturated heterocycles. The number of aromatic nitrogens is 6. The van der Waals surface area contributed by atoms with Crippen molar-refractivity contribution in [3.05, 3.63) is 152 Å². The number of fused-ring (bicyclic) bond motifs is 4. The van der Waals surface area contributed by atoms with Gasteiger partial charge in [-0.2, -0.15) is 18.7 Å². The third-order valence-electron chi connectivity index (χ3n) is 22.0. The van der Waals surface area contributed by atoms with Crippen LogP contribution in [0, 0.1) is 5.92 Å². The van der Waals surface area contributed by atoms with Crippen LogP contribution in [0.15, 0.2) is 151 Å². The summed E-state index contributed by atoms with van der Waals surface area (Å²) in [7, 11) is -8.55. The lowest BCUT2D eigenvalue weighted by atomic mass is 9.79. The normalized spacial score (nSPS) is 23.1. The van der Waals surface area contributed by atoms with Crippen molar-refractivity contribution < 1.29 is 70.0 Å². The van der Waals surface area contributed by atoms with E-state index >= 15 is 0 Å². The van der Waals surface area contributed by atoms with Crippen LogP contribution in [0.5, 0.6) is 12.0 Å². The topological polar surface area (TPSA) is 294 Å². The minimum absolute atomic E-state index is 0.213. The average molecular weight is 1890 g/mol. The molecule has 5 aromatic carbocycles. The molecule has 2 saturated carbocycles. The van der Waals surface area contributed by atoms with Crippen molar-refractivity contribution in [1.82, 2.24) is 33.8 Å². The molecule has 9 aromatic rings. The van der Waals surface area contributed by atoms with Gasteiger partial charge in [-0.25, -0.2) is 27.3 Å². The first kappa shape index (κ1) is 91.1. The van der Waals surface area contributed by atoms with E-state index in [1.54, 1.807) is 30.9 Å². The second-order valence-electron chi connectivity index (χ2n) is 34.8. The Morgan fingerprint density at radius 2 is 0.992 bits per heavy atom. The molecule has 642 valence electrons. The lowest BCUT2D eigenvalue weighted by Gasteiger charge is -2.32. The molecule has 25 nitrogen and oxygen atoms in total. The number of rotatable bonds is 26. The number of nitrogens with one attached hydrogen (secondary N) is 2. The highest BCUT2D eigenvalue weighted by atomic mass is 79.9. The Kier molecular flexibility index (Phi) is 29.8. The zero-order valence-electron chi connectivity index (χ0n) is 69.6. The molecule has 0 spiro atoms. The van der Waals surface area contributed by atoms with Crippen LogP contribution in [-0.2, 0) is 81.8 Å². The molecule has 4 aromatic heterocycles. The summed E-state index contributed by atoms with van der Waals surface area (Å²) < 4.78 is 117. The van der Waals surface area contributed by atoms with Gasteiger partial charge in [0.15, 0.2) is 23.5 Å². The van der Waals surface area contributed by atoms with Crippen molar-refractivity contribution in [2.24, 2.45) is 14.6 Å². The predicted molar refractivity (Wildman–Crippen MR) is 486 cm³/mol. The molecule has 16 rings (SSSR count). The van der Waals surface area contributed by atoms with Crippen molar-refractivity contribution in [2.75, 3.05) is 68.9 Å². The predicted octanol–water partition coefficient (Wildman–Crippen LogP) is 16.8. The SMILES string of the molecule is CC1(C)OB(c2ccc(-c3nc4c(cc3Cl)nc(O[C@@H]3CO[C@H]5[C@@H]3OC[C@H]5O)n4COCC[Si](C)(C)C)cc2)OC1(C)C.CS(=O)(=Nc1ccc(Br)cc1)NC1CCC1.CS(=O)Nc1ccc(Br)cc1.C[Si](C)(C)CCOCn1c(O[C@@H]2CO[C@H]3[C@@H]2OC[C@H]3O)nc2cc(Cl)c(-c3ccc(-c4ccc(N=S(C)(=O)CC5CCC5)cc4)cc3)nc21. The number of ether oxygens (including phenoxy) is 8. The number of aliphatic hydroxyl groups is 2. The summed E-state index contributed by atoms with van der Waals surface area (Å²) in [6.45, 7) is 24.8. The molecule has 7 fully saturated rings. The van der Waals surface area contributed by atoms with Crippen LogP contribution in [0.25, 0.3) is 56.0 Å². The lowest BCUT2D eigenvalue weighted by Crippen LogP contribution is -2.41. The minimum Gasteiger partial charge on any atom is -0.456 e.